The van der Waals surface area contributed by atoms with Crippen LogP contribution in [0.5, 0.6) is 0 Å². The van der Waals surface area contributed by atoms with Gasteiger partial charge in [0.1, 0.15) is 0 Å². The molecule has 2 atom stereocenters. The second-order valence-electron chi connectivity index (χ2n) is 4.96. The Kier molecular flexibility index (Phi) is 6.05. The summed E-state index contributed by atoms with van der Waals surface area (Å²) in [5.41, 5.74) is -0.394. The Hall–Kier alpha value is -0.650. The quantitative estimate of drug-likeness (QED) is 0.670. The number of nitrogens with one attached hydrogen (secondary N) is 2. The van der Waals surface area contributed by atoms with Gasteiger partial charge in [0.05, 0.1) is 11.6 Å². The molecule has 0 radical (unpaired) electrons. The number of carbonyl (C=O) groups excluding carboxylic acids is 1. The maximum Gasteiger partial charge on any atom is 0.240 e. The fourth-order valence-corrected chi connectivity index (χ4v) is 2.67. The minimum absolute atomic E-state index is 0.0634. The fraction of sp³-hybridized carbons (Fsp3) is 0.923. The summed E-state index contributed by atoms with van der Waals surface area (Å²) in [7, 11) is 3.15. The van der Waals surface area contributed by atoms with Crippen molar-refractivity contribution >= 4 is 5.91 Å². The molecular formula is C13H26N2O3. The van der Waals surface area contributed by atoms with Gasteiger partial charge >= 0.3 is 0 Å². The van der Waals surface area contributed by atoms with Gasteiger partial charge in [-0.2, -0.15) is 0 Å². The number of hydrogen-bond acceptors (Lipinski definition) is 4. The van der Waals surface area contributed by atoms with Gasteiger partial charge < -0.3 is 20.1 Å². The Morgan fingerprint density at radius 3 is 2.56 bits per heavy atom. The van der Waals surface area contributed by atoms with Gasteiger partial charge in [-0.15, -0.1) is 0 Å². The molecule has 1 amide bonds. The molecule has 0 aromatic carbocycles. The lowest BCUT2D eigenvalue weighted by Gasteiger charge is -2.31. The van der Waals surface area contributed by atoms with Crippen molar-refractivity contribution in [3.63, 3.8) is 0 Å². The minimum Gasteiger partial charge on any atom is -0.354 e. The molecule has 1 aliphatic heterocycles. The summed E-state index contributed by atoms with van der Waals surface area (Å²) in [5, 5.41) is 6.36. The lowest BCUT2D eigenvalue weighted by molar-refractivity contribution is -0.140. The lowest BCUT2D eigenvalue weighted by atomic mass is 9.90. The Morgan fingerprint density at radius 1 is 1.44 bits per heavy atom. The van der Waals surface area contributed by atoms with Crippen molar-refractivity contribution in [2.24, 2.45) is 0 Å². The summed E-state index contributed by atoms with van der Waals surface area (Å²) in [6.07, 6.45) is 3.42. The van der Waals surface area contributed by atoms with Crippen LogP contribution in [-0.2, 0) is 14.3 Å². The van der Waals surface area contributed by atoms with Crippen LogP contribution in [0.25, 0.3) is 0 Å². The van der Waals surface area contributed by atoms with Crippen LogP contribution in [0.2, 0.25) is 0 Å². The van der Waals surface area contributed by atoms with Gasteiger partial charge in [-0.3, -0.25) is 4.79 Å². The predicted octanol–water partition coefficient (Wildman–Crippen LogP) is 1.03. The highest BCUT2D eigenvalue weighted by Gasteiger charge is 2.40. The highest BCUT2D eigenvalue weighted by atomic mass is 16.7. The second kappa shape index (κ2) is 7.07. The van der Waals surface area contributed by atoms with E-state index < -0.39 is 11.8 Å². The maximum absolute atomic E-state index is 12.4. The van der Waals surface area contributed by atoms with E-state index in [-0.39, 0.29) is 11.9 Å². The van der Waals surface area contributed by atoms with Crippen molar-refractivity contribution in [2.75, 3.05) is 20.8 Å². The summed E-state index contributed by atoms with van der Waals surface area (Å²) in [4.78, 5) is 12.4. The Labute approximate surface area is 110 Å². The van der Waals surface area contributed by atoms with E-state index in [9.17, 15) is 4.79 Å². The molecule has 1 saturated heterocycles. The molecule has 0 spiro atoms. The SMILES string of the molecule is CCCC1(C(=O)NC(C)C(OC)OC)CCCN1. The van der Waals surface area contributed by atoms with Gasteiger partial charge in [0, 0.05) is 14.2 Å². The van der Waals surface area contributed by atoms with E-state index in [0.29, 0.717) is 0 Å². The Bertz CT molecular complexity index is 261. The third kappa shape index (κ3) is 3.43. The topological polar surface area (TPSA) is 59.6 Å². The van der Waals surface area contributed by atoms with Gasteiger partial charge in [-0.05, 0) is 32.7 Å². The van der Waals surface area contributed by atoms with Crippen molar-refractivity contribution in [1.82, 2.24) is 10.6 Å². The van der Waals surface area contributed by atoms with Crippen LogP contribution in [0.15, 0.2) is 0 Å². The molecule has 5 nitrogen and oxygen atoms in total. The van der Waals surface area contributed by atoms with Crippen LogP contribution >= 0.6 is 0 Å². The highest BCUT2D eigenvalue weighted by Crippen LogP contribution is 2.25. The Balaban J connectivity index is 2.61. The predicted molar refractivity (Wildman–Crippen MR) is 70.3 cm³/mol. The minimum atomic E-state index is -0.408. The van der Waals surface area contributed by atoms with E-state index in [1.54, 1.807) is 14.2 Å². The van der Waals surface area contributed by atoms with E-state index >= 15 is 0 Å². The van der Waals surface area contributed by atoms with Crippen molar-refractivity contribution in [2.45, 2.75) is 57.4 Å². The monoisotopic (exact) mass is 258 g/mol. The third-order valence-electron chi connectivity index (χ3n) is 3.59. The van der Waals surface area contributed by atoms with Crippen LogP contribution in [0, 0.1) is 0 Å². The average molecular weight is 258 g/mol. The van der Waals surface area contributed by atoms with Crippen molar-refractivity contribution in [1.29, 1.82) is 0 Å². The number of methoxy groups -OCH3 is 2. The summed E-state index contributed by atoms with van der Waals surface area (Å²) in [5.74, 6) is 0.0634. The molecule has 0 aromatic heterocycles. The second-order valence-corrected chi connectivity index (χ2v) is 4.96. The molecule has 106 valence electrons. The molecule has 2 N–H and O–H groups in total. The number of rotatable bonds is 7. The van der Waals surface area contributed by atoms with Crippen LogP contribution in [0.3, 0.4) is 0 Å². The normalized spacial score (nSPS) is 25.4. The largest absolute Gasteiger partial charge is 0.354 e. The fourth-order valence-electron chi connectivity index (χ4n) is 2.67. The zero-order chi connectivity index (χ0) is 13.6. The van der Waals surface area contributed by atoms with E-state index in [0.717, 1.165) is 32.2 Å². The zero-order valence-corrected chi connectivity index (χ0v) is 11.9. The standard InChI is InChI=1S/C13H26N2O3/c1-5-7-13(8-6-9-14-13)12(16)15-10(2)11(17-3)18-4/h10-11,14H,5-9H2,1-4H3,(H,15,16). The third-order valence-corrected chi connectivity index (χ3v) is 3.59. The first kappa shape index (κ1) is 15.4. The number of amides is 1. The van der Waals surface area contributed by atoms with Crippen LogP contribution in [-0.4, -0.2) is 44.5 Å². The molecule has 2 unspecified atom stereocenters. The zero-order valence-electron chi connectivity index (χ0n) is 11.9. The van der Waals surface area contributed by atoms with E-state index in [1.165, 1.54) is 0 Å². The van der Waals surface area contributed by atoms with Crippen molar-refractivity contribution in [3.8, 4) is 0 Å². The highest BCUT2D eigenvalue weighted by molar-refractivity contribution is 5.86. The first-order valence-corrected chi connectivity index (χ1v) is 6.71. The van der Waals surface area contributed by atoms with Crippen molar-refractivity contribution in [3.05, 3.63) is 0 Å². The molecule has 0 aliphatic carbocycles. The molecule has 18 heavy (non-hydrogen) atoms. The van der Waals surface area contributed by atoms with Gasteiger partial charge in [0.15, 0.2) is 6.29 Å². The summed E-state index contributed by atoms with van der Waals surface area (Å²) in [6, 6.07) is -0.163. The van der Waals surface area contributed by atoms with Gasteiger partial charge in [-0.25, -0.2) is 0 Å². The first-order chi connectivity index (χ1) is 8.59. The molecule has 1 rings (SSSR count). The van der Waals surface area contributed by atoms with E-state index in [2.05, 4.69) is 17.6 Å². The molecule has 0 aromatic rings. The summed E-state index contributed by atoms with van der Waals surface area (Å²) >= 11 is 0. The average Bonchev–Trinajstić information content (AvgIpc) is 2.81. The van der Waals surface area contributed by atoms with Crippen molar-refractivity contribution < 1.29 is 14.3 Å². The molecular weight excluding hydrogens is 232 g/mol. The molecule has 1 aliphatic rings. The molecule has 5 heteroatoms. The van der Waals surface area contributed by atoms with Crippen LogP contribution in [0.1, 0.15) is 39.5 Å². The lowest BCUT2D eigenvalue weighted by Crippen LogP contribution is -2.57. The first-order valence-electron chi connectivity index (χ1n) is 6.71. The Morgan fingerprint density at radius 2 is 2.11 bits per heavy atom. The summed E-state index contributed by atoms with van der Waals surface area (Å²) < 4.78 is 10.3. The summed E-state index contributed by atoms with van der Waals surface area (Å²) in [6.45, 7) is 4.91. The number of carbonyl (C=O) groups is 1. The van der Waals surface area contributed by atoms with Crippen LogP contribution in [0.4, 0.5) is 0 Å². The molecule has 1 fully saturated rings. The van der Waals surface area contributed by atoms with Gasteiger partial charge in [0.2, 0.25) is 5.91 Å². The van der Waals surface area contributed by atoms with E-state index in [4.69, 9.17) is 9.47 Å². The van der Waals surface area contributed by atoms with Gasteiger partial charge in [0.25, 0.3) is 0 Å². The van der Waals surface area contributed by atoms with Crippen LogP contribution < -0.4 is 10.6 Å². The maximum atomic E-state index is 12.4. The van der Waals surface area contributed by atoms with E-state index in [1.807, 2.05) is 6.92 Å². The molecule has 0 saturated carbocycles. The molecule has 0 bridgehead atoms. The number of ether oxygens (including phenoxy) is 2. The van der Waals surface area contributed by atoms with Gasteiger partial charge in [-0.1, -0.05) is 13.3 Å². The smallest absolute Gasteiger partial charge is 0.240 e. The number of hydrogen-bond donors (Lipinski definition) is 2. The molecule has 1 heterocycles.